The van der Waals surface area contributed by atoms with Gasteiger partial charge in [0.15, 0.2) is 0 Å². The van der Waals surface area contributed by atoms with Crippen molar-refractivity contribution in [3.05, 3.63) is 11.7 Å². The van der Waals surface area contributed by atoms with Crippen LogP contribution in [0.15, 0.2) is 4.52 Å². The van der Waals surface area contributed by atoms with Crippen molar-refractivity contribution < 1.29 is 14.1 Å². The first-order valence-corrected chi connectivity index (χ1v) is 6.93. The number of esters is 1. The largest absolute Gasteiger partial charge is 0.460 e. The maximum Gasteiger partial charge on any atom is 0.379 e. The van der Waals surface area contributed by atoms with Crippen molar-refractivity contribution in [2.45, 2.75) is 50.9 Å². The maximum atomic E-state index is 11.6. The SMILES string of the molecule is CCOC(=O)c1noc(C2(CN)CCCCCC2)n1. The Balaban J connectivity index is 2.21. The monoisotopic (exact) mass is 267 g/mol. The molecule has 0 aromatic carbocycles. The van der Waals surface area contributed by atoms with Gasteiger partial charge >= 0.3 is 5.97 Å². The van der Waals surface area contributed by atoms with Crippen molar-refractivity contribution in [3.63, 3.8) is 0 Å². The molecule has 0 unspecified atom stereocenters. The highest BCUT2D eigenvalue weighted by Crippen LogP contribution is 2.36. The van der Waals surface area contributed by atoms with Crippen LogP contribution in [0.2, 0.25) is 0 Å². The van der Waals surface area contributed by atoms with E-state index in [1.807, 2.05) is 0 Å². The Morgan fingerprint density at radius 3 is 2.63 bits per heavy atom. The highest BCUT2D eigenvalue weighted by molar-refractivity contribution is 5.84. The summed E-state index contributed by atoms with van der Waals surface area (Å²) >= 11 is 0. The summed E-state index contributed by atoms with van der Waals surface area (Å²) in [5, 5.41) is 3.72. The molecule has 6 nitrogen and oxygen atoms in total. The molecule has 0 spiro atoms. The van der Waals surface area contributed by atoms with E-state index < -0.39 is 5.97 Å². The molecule has 1 aliphatic carbocycles. The van der Waals surface area contributed by atoms with Gasteiger partial charge in [-0.3, -0.25) is 0 Å². The summed E-state index contributed by atoms with van der Waals surface area (Å²) in [5.74, 6) is -0.0628. The van der Waals surface area contributed by atoms with Gasteiger partial charge in [-0.15, -0.1) is 0 Å². The highest BCUT2D eigenvalue weighted by atomic mass is 16.5. The standard InChI is InChI=1S/C13H21N3O3/c1-2-18-11(17)10-15-12(19-16-10)13(9-14)7-5-3-4-6-8-13/h2-9,14H2,1H3. The van der Waals surface area contributed by atoms with Crippen LogP contribution in [-0.4, -0.2) is 29.3 Å². The normalized spacial score (nSPS) is 18.8. The minimum atomic E-state index is -0.543. The first-order chi connectivity index (χ1) is 9.22. The third-order valence-corrected chi connectivity index (χ3v) is 3.79. The zero-order chi connectivity index (χ0) is 13.7. The second-order valence-electron chi connectivity index (χ2n) is 5.04. The number of rotatable bonds is 4. The van der Waals surface area contributed by atoms with Crippen LogP contribution in [0, 0.1) is 0 Å². The Hall–Kier alpha value is -1.43. The molecule has 1 aromatic rings. The number of nitrogens with two attached hydrogens (primary N) is 1. The second-order valence-corrected chi connectivity index (χ2v) is 5.04. The molecule has 106 valence electrons. The highest BCUT2D eigenvalue weighted by Gasteiger charge is 2.37. The van der Waals surface area contributed by atoms with Gasteiger partial charge in [0.2, 0.25) is 5.89 Å². The summed E-state index contributed by atoms with van der Waals surface area (Å²) in [6, 6.07) is 0. The number of hydrogen-bond donors (Lipinski definition) is 1. The van der Waals surface area contributed by atoms with E-state index in [9.17, 15) is 4.79 Å². The van der Waals surface area contributed by atoms with Gasteiger partial charge in [-0.1, -0.05) is 25.7 Å². The lowest BCUT2D eigenvalue weighted by atomic mass is 9.80. The van der Waals surface area contributed by atoms with E-state index in [1.54, 1.807) is 6.92 Å². The lowest BCUT2D eigenvalue weighted by Gasteiger charge is -2.26. The van der Waals surface area contributed by atoms with Gasteiger partial charge in [0.1, 0.15) is 0 Å². The summed E-state index contributed by atoms with van der Waals surface area (Å²) in [4.78, 5) is 15.8. The molecule has 0 aliphatic heterocycles. The quantitative estimate of drug-likeness (QED) is 0.660. The van der Waals surface area contributed by atoms with Gasteiger partial charge in [0.05, 0.1) is 12.0 Å². The summed E-state index contributed by atoms with van der Waals surface area (Å²) in [5.41, 5.74) is 5.67. The third-order valence-electron chi connectivity index (χ3n) is 3.79. The van der Waals surface area contributed by atoms with Crippen LogP contribution in [0.25, 0.3) is 0 Å². The Kier molecular flexibility index (Phi) is 4.52. The molecule has 0 radical (unpaired) electrons. The maximum absolute atomic E-state index is 11.6. The fourth-order valence-corrected chi connectivity index (χ4v) is 2.63. The molecular weight excluding hydrogens is 246 g/mol. The molecule has 1 saturated carbocycles. The molecule has 19 heavy (non-hydrogen) atoms. The fraction of sp³-hybridized carbons (Fsp3) is 0.769. The molecule has 6 heteroatoms. The third kappa shape index (κ3) is 2.94. The molecule has 0 bridgehead atoms. The Bertz CT molecular complexity index is 423. The first-order valence-electron chi connectivity index (χ1n) is 6.93. The molecular formula is C13H21N3O3. The average Bonchev–Trinajstić information content (AvgIpc) is 2.79. The molecule has 1 fully saturated rings. The van der Waals surface area contributed by atoms with Gasteiger partial charge in [0, 0.05) is 6.54 Å². The number of ether oxygens (including phenoxy) is 1. The minimum absolute atomic E-state index is 0.00563. The van der Waals surface area contributed by atoms with Crippen molar-refractivity contribution >= 4 is 5.97 Å². The van der Waals surface area contributed by atoms with Gasteiger partial charge in [-0.05, 0) is 24.9 Å². The molecule has 0 saturated heterocycles. The predicted octanol–water partition coefficient (Wildman–Crippen LogP) is 1.80. The van der Waals surface area contributed by atoms with Crippen LogP contribution in [0.4, 0.5) is 0 Å². The Morgan fingerprint density at radius 2 is 2.05 bits per heavy atom. The van der Waals surface area contributed by atoms with Crippen LogP contribution in [0.1, 0.15) is 62.0 Å². The Labute approximate surface area is 112 Å². The average molecular weight is 267 g/mol. The van der Waals surface area contributed by atoms with Crippen molar-refractivity contribution in [1.82, 2.24) is 10.1 Å². The zero-order valence-corrected chi connectivity index (χ0v) is 11.4. The summed E-state index contributed by atoms with van der Waals surface area (Å²) in [6.45, 7) is 2.51. The Morgan fingerprint density at radius 1 is 1.37 bits per heavy atom. The molecule has 1 aromatic heterocycles. The topological polar surface area (TPSA) is 91.2 Å². The minimum Gasteiger partial charge on any atom is -0.460 e. The van der Waals surface area contributed by atoms with Crippen LogP contribution >= 0.6 is 0 Å². The van der Waals surface area contributed by atoms with Crippen LogP contribution in [0.5, 0.6) is 0 Å². The number of hydrogen-bond acceptors (Lipinski definition) is 6. The lowest BCUT2D eigenvalue weighted by molar-refractivity contribution is 0.0508. The predicted molar refractivity (Wildman–Crippen MR) is 68.7 cm³/mol. The summed E-state index contributed by atoms with van der Waals surface area (Å²) < 4.78 is 10.1. The lowest BCUT2D eigenvalue weighted by Crippen LogP contribution is -2.35. The van der Waals surface area contributed by atoms with E-state index >= 15 is 0 Å². The fourth-order valence-electron chi connectivity index (χ4n) is 2.63. The zero-order valence-electron chi connectivity index (χ0n) is 11.4. The first kappa shape index (κ1) is 14.0. The molecule has 2 rings (SSSR count). The molecule has 0 atom stereocenters. The molecule has 0 amide bonds. The van der Waals surface area contributed by atoms with E-state index in [0.717, 1.165) is 25.7 Å². The van der Waals surface area contributed by atoms with Crippen molar-refractivity contribution in [3.8, 4) is 0 Å². The van der Waals surface area contributed by atoms with Gasteiger partial charge < -0.3 is 15.0 Å². The van der Waals surface area contributed by atoms with E-state index in [1.165, 1.54) is 12.8 Å². The van der Waals surface area contributed by atoms with E-state index in [4.69, 9.17) is 15.0 Å². The second kappa shape index (κ2) is 6.14. The summed E-state index contributed by atoms with van der Waals surface area (Å²) in [6.07, 6.45) is 6.51. The van der Waals surface area contributed by atoms with Crippen LogP contribution in [-0.2, 0) is 10.2 Å². The van der Waals surface area contributed by atoms with Gasteiger partial charge in [0.25, 0.3) is 5.82 Å². The van der Waals surface area contributed by atoms with Crippen molar-refractivity contribution in [2.75, 3.05) is 13.2 Å². The van der Waals surface area contributed by atoms with E-state index in [2.05, 4.69) is 10.1 Å². The van der Waals surface area contributed by atoms with E-state index in [0.29, 0.717) is 19.0 Å². The number of carbonyl (C=O) groups is 1. The number of aromatic nitrogens is 2. The molecule has 1 aliphatic rings. The van der Waals surface area contributed by atoms with Crippen LogP contribution < -0.4 is 5.73 Å². The smallest absolute Gasteiger partial charge is 0.379 e. The number of nitrogens with zero attached hydrogens (tertiary/aromatic N) is 2. The van der Waals surface area contributed by atoms with Gasteiger partial charge in [-0.25, -0.2) is 4.79 Å². The molecule has 2 N–H and O–H groups in total. The van der Waals surface area contributed by atoms with Crippen molar-refractivity contribution in [1.29, 1.82) is 0 Å². The summed E-state index contributed by atoms with van der Waals surface area (Å²) in [7, 11) is 0. The van der Waals surface area contributed by atoms with Gasteiger partial charge in [-0.2, -0.15) is 4.98 Å². The molecule has 1 heterocycles. The van der Waals surface area contributed by atoms with Crippen LogP contribution in [0.3, 0.4) is 0 Å². The van der Waals surface area contributed by atoms with Crippen molar-refractivity contribution in [2.24, 2.45) is 5.73 Å². The number of carbonyl (C=O) groups excluding carboxylic acids is 1. The van der Waals surface area contributed by atoms with E-state index in [-0.39, 0.29) is 11.2 Å².